The molecule has 3 nitrogen and oxygen atoms in total. The fourth-order valence-electron chi connectivity index (χ4n) is 3.52. The minimum absolute atomic E-state index is 0.143. The van der Waals surface area contributed by atoms with E-state index in [0.717, 1.165) is 37.7 Å². The van der Waals surface area contributed by atoms with E-state index in [-0.39, 0.29) is 17.1 Å². The first kappa shape index (κ1) is 12.4. The zero-order valence-electron chi connectivity index (χ0n) is 11.1. The van der Waals surface area contributed by atoms with Crippen molar-refractivity contribution in [3.8, 4) is 0 Å². The van der Waals surface area contributed by atoms with Crippen LogP contribution in [0.1, 0.15) is 29.8 Å². The number of benzene rings is 1. The van der Waals surface area contributed by atoms with Gasteiger partial charge in [-0.1, -0.05) is 23.7 Å². The summed E-state index contributed by atoms with van der Waals surface area (Å²) >= 11 is 6.10. The van der Waals surface area contributed by atoms with Gasteiger partial charge in [-0.05, 0) is 49.9 Å². The molecular weight excluding hydrogens is 274 g/mol. The Morgan fingerprint density at radius 2 is 2.15 bits per heavy atom. The molecule has 1 saturated carbocycles. The summed E-state index contributed by atoms with van der Waals surface area (Å²) in [5.41, 5.74) is 0.864. The first-order valence-corrected chi connectivity index (χ1v) is 7.50. The molecule has 20 heavy (non-hydrogen) atoms. The van der Waals surface area contributed by atoms with E-state index in [2.05, 4.69) is 5.32 Å². The number of Topliss-reactive ketones (excluding diaryl/α,β-unsaturated/α-hetero) is 1. The van der Waals surface area contributed by atoms with Crippen molar-refractivity contribution in [3.63, 3.8) is 0 Å². The molecule has 0 amide bonds. The second-order valence-electron chi connectivity index (χ2n) is 6.00. The molecule has 2 heterocycles. The average Bonchev–Trinajstić information content (AvgIpc) is 2.96. The van der Waals surface area contributed by atoms with Crippen LogP contribution in [-0.2, 0) is 0 Å². The van der Waals surface area contributed by atoms with Gasteiger partial charge in [0.25, 0.3) is 0 Å². The Morgan fingerprint density at radius 3 is 2.90 bits per heavy atom. The Labute approximate surface area is 122 Å². The summed E-state index contributed by atoms with van der Waals surface area (Å²) < 4.78 is 5.70. The molecule has 4 heteroatoms. The number of furan rings is 1. The number of piperidine rings is 1. The van der Waals surface area contributed by atoms with Crippen molar-refractivity contribution in [1.82, 2.24) is 5.32 Å². The number of carbonyl (C=O) groups excluding carboxylic acids is 1. The number of para-hydroxylation sites is 1. The largest absolute Gasteiger partial charge is 0.451 e. The van der Waals surface area contributed by atoms with Crippen LogP contribution >= 0.6 is 11.6 Å². The topological polar surface area (TPSA) is 42.2 Å². The predicted octanol–water partition coefficient (Wildman–Crippen LogP) is 3.66. The Bertz CT molecular complexity index is 685. The van der Waals surface area contributed by atoms with Crippen LogP contribution in [0.2, 0.25) is 5.02 Å². The van der Waals surface area contributed by atoms with Gasteiger partial charge in [-0.25, -0.2) is 0 Å². The Hall–Kier alpha value is -1.32. The predicted molar refractivity (Wildman–Crippen MR) is 78.2 cm³/mol. The van der Waals surface area contributed by atoms with Crippen LogP contribution in [0.15, 0.2) is 28.7 Å². The van der Waals surface area contributed by atoms with Gasteiger partial charge in [-0.2, -0.15) is 0 Å². The van der Waals surface area contributed by atoms with Gasteiger partial charge >= 0.3 is 0 Å². The number of nitrogens with one attached hydrogen (secondary N) is 1. The molecule has 1 unspecified atom stereocenters. The third-order valence-corrected chi connectivity index (χ3v) is 5.14. The van der Waals surface area contributed by atoms with Crippen LogP contribution in [0.3, 0.4) is 0 Å². The summed E-state index contributed by atoms with van der Waals surface area (Å²) in [5.74, 6) is 0.761. The second kappa shape index (κ2) is 4.34. The molecule has 4 rings (SSSR count). The molecule has 1 atom stereocenters. The second-order valence-corrected chi connectivity index (χ2v) is 6.41. The van der Waals surface area contributed by atoms with E-state index in [1.54, 1.807) is 6.07 Å². The maximum atomic E-state index is 12.6. The summed E-state index contributed by atoms with van der Waals surface area (Å²) in [6.45, 7) is 2.05. The molecule has 1 spiro atoms. The van der Waals surface area contributed by atoms with Gasteiger partial charge in [-0.15, -0.1) is 0 Å². The van der Waals surface area contributed by atoms with Crippen LogP contribution in [0.25, 0.3) is 11.0 Å². The lowest BCUT2D eigenvalue weighted by molar-refractivity contribution is 0.0915. The van der Waals surface area contributed by atoms with Crippen molar-refractivity contribution < 1.29 is 9.21 Å². The van der Waals surface area contributed by atoms with Gasteiger partial charge in [0.1, 0.15) is 0 Å². The van der Waals surface area contributed by atoms with Gasteiger partial charge < -0.3 is 9.73 Å². The van der Waals surface area contributed by atoms with Crippen LogP contribution in [0, 0.1) is 11.3 Å². The van der Waals surface area contributed by atoms with E-state index in [1.165, 1.54) is 0 Å². The van der Waals surface area contributed by atoms with Crippen molar-refractivity contribution in [1.29, 1.82) is 0 Å². The Balaban J connectivity index is 1.63. The van der Waals surface area contributed by atoms with Gasteiger partial charge in [0.15, 0.2) is 11.3 Å². The van der Waals surface area contributed by atoms with Gasteiger partial charge in [0.05, 0.1) is 5.02 Å². The number of carbonyl (C=O) groups is 1. The van der Waals surface area contributed by atoms with E-state index in [0.29, 0.717) is 16.4 Å². The number of ketones is 1. The highest BCUT2D eigenvalue weighted by Crippen LogP contribution is 2.59. The number of hydrogen-bond donors (Lipinski definition) is 1. The van der Waals surface area contributed by atoms with Crippen molar-refractivity contribution in [2.24, 2.45) is 11.3 Å². The number of rotatable bonds is 2. The minimum Gasteiger partial charge on any atom is -0.451 e. The SMILES string of the molecule is O=C(c1cc2cccc(Cl)c2o1)C1CC12CCNCC2. The van der Waals surface area contributed by atoms with Crippen molar-refractivity contribution in [2.75, 3.05) is 13.1 Å². The molecule has 2 aliphatic rings. The van der Waals surface area contributed by atoms with Crippen molar-refractivity contribution >= 4 is 28.4 Å². The summed E-state index contributed by atoms with van der Waals surface area (Å²) in [6, 6.07) is 7.41. The first-order valence-electron chi connectivity index (χ1n) is 7.13. The van der Waals surface area contributed by atoms with Crippen molar-refractivity contribution in [3.05, 3.63) is 35.0 Å². The minimum atomic E-state index is 0.143. The van der Waals surface area contributed by atoms with Gasteiger partial charge in [0.2, 0.25) is 5.78 Å². The molecule has 1 aliphatic carbocycles. The van der Waals surface area contributed by atoms with Gasteiger partial charge in [-0.3, -0.25) is 4.79 Å². The fourth-order valence-corrected chi connectivity index (χ4v) is 3.74. The molecule has 2 fully saturated rings. The quantitative estimate of drug-likeness (QED) is 0.858. The molecule has 0 radical (unpaired) electrons. The number of halogens is 1. The maximum absolute atomic E-state index is 12.6. The molecule has 104 valence electrons. The highest BCUT2D eigenvalue weighted by Gasteiger charge is 2.58. The molecule has 1 saturated heterocycles. The van der Waals surface area contributed by atoms with E-state index in [1.807, 2.05) is 18.2 Å². The van der Waals surface area contributed by atoms with E-state index in [4.69, 9.17) is 16.0 Å². The average molecular weight is 290 g/mol. The lowest BCUT2D eigenvalue weighted by atomic mass is 9.90. The smallest absolute Gasteiger partial charge is 0.201 e. The number of fused-ring (bicyclic) bond motifs is 1. The van der Waals surface area contributed by atoms with Crippen molar-refractivity contribution in [2.45, 2.75) is 19.3 Å². The van der Waals surface area contributed by atoms with Crippen LogP contribution in [-0.4, -0.2) is 18.9 Å². The van der Waals surface area contributed by atoms with E-state index < -0.39 is 0 Å². The summed E-state index contributed by atoms with van der Waals surface area (Å²) in [4.78, 5) is 12.6. The molecule has 0 bridgehead atoms. The normalized spacial score (nSPS) is 24.1. The monoisotopic (exact) mass is 289 g/mol. The number of hydrogen-bond acceptors (Lipinski definition) is 3. The molecule has 1 aliphatic heterocycles. The van der Waals surface area contributed by atoms with Crippen LogP contribution in [0.4, 0.5) is 0 Å². The van der Waals surface area contributed by atoms with Crippen LogP contribution < -0.4 is 5.32 Å². The zero-order chi connectivity index (χ0) is 13.7. The van der Waals surface area contributed by atoms with E-state index in [9.17, 15) is 4.79 Å². The lowest BCUT2D eigenvalue weighted by Gasteiger charge is -2.22. The summed E-state index contributed by atoms with van der Waals surface area (Å²) in [7, 11) is 0. The summed E-state index contributed by atoms with van der Waals surface area (Å²) in [5, 5.41) is 4.82. The first-order chi connectivity index (χ1) is 9.70. The highest BCUT2D eigenvalue weighted by molar-refractivity contribution is 6.34. The maximum Gasteiger partial charge on any atom is 0.201 e. The zero-order valence-corrected chi connectivity index (χ0v) is 11.9. The van der Waals surface area contributed by atoms with E-state index >= 15 is 0 Å². The standard InChI is InChI=1S/C16H16ClNO2/c17-12-3-1-2-10-8-13(20-15(10)12)14(19)11-9-16(11)4-6-18-7-5-16/h1-3,8,11,18H,4-7,9H2. The fraction of sp³-hybridized carbons (Fsp3) is 0.438. The van der Waals surface area contributed by atoms with Gasteiger partial charge in [0, 0.05) is 11.3 Å². The highest BCUT2D eigenvalue weighted by atomic mass is 35.5. The third-order valence-electron chi connectivity index (χ3n) is 4.84. The molecule has 1 N–H and O–H groups in total. The molecule has 1 aromatic heterocycles. The Morgan fingerprint density at radius 1 is 1.35 bits per heavy atom. The molecular formula is C16H16ClNO2. The lowest BCUT2D eigenvalue weighted by Crippen LogP contribution is -2.30. The Kier molecular flexibility index (Phi) is 2.69. The summed E-state index contributed by atoms with van der Waals surface area (Å²) in [6.07, 6.45) is 3.22. The molecule has 1 aromatic carbocycles. The molecule has 2 aromatic rings. The van der Waals surface area contributed by atoms with Crippen LogP contribution in [0.5, 0.6) is 0 Å². The third kappa shape index (κ3) is 1.80.